The summed E-state index contributed by atoms with van der Waals surface area (Å²) in [6, 6.07) is 13.4. The van der Waals surface area contributed by atoms with E-state index < -0.39 is 6.10 Å². The van der Waals surface area contributed by atoms with E-state index in [1.54, 1.807) is 43.3 Å². The highest BCUT2D eigenvalue weighted by Gasteiger charge is 2.19. The molecule has 3 nitrogen and oxygen atoms in total. The lowest BCUT2D eigenvalue weighted by molar-refractivity contribution is -0.124. The van der Waals surface area contributed by atoms with Crippen LogP contribution in [0.3, 0.4) is 0 Å². The summed E-state index contributed by atoms with van der Waals surface area (Å²) >= 11 is 11.7. The van der Waals surface area contributed by atoms with Gasteiger partial charge in [-0.05, 0) is 19.1 Å². The van der Waals surface area contributed by atoms with Gasteiger partial charge in [-0.2, -0.15) is 0 Å². The Bertz CT molecular complexity index is 684. The zero-order chi connectivity index (χ0) is 16.1. The fourth-order valence-electron chi connectivity index (χ4n) is 1.85. The first kappa shape index (κ1) is 16.5. The number of hydrogen-bond acceptors (Lipinski definition) is 3. The Morgan fingerprint density at radius 2 is 1.73 bits per heavy atom. The number of ketones is 2. The number of halogens is 2. The second-order valence-electron chi connectivity index (χ2n) is 4.77. The van der Waals surface area contributed by atoms with Crippen molar-refractivity contribution in [1.29, 1.82) is 0 Å². The highest BCUT2D eigenvalue weighted by Crippen LogP contribution is 2.27. The number of rotatable bonds is 6. The van der Waals surface area contributed by atoms with Gasteiger partial charge in [-0.3, -0.25) is 9.59 Å². The molecule has 1 atom stereocenters. The minimum atomic E-state index is -0.745. The average molecular weight is 337 g/mol. The molecule has 2 aromatic carbocycles. The van der Waals surface area contributed by atoms with Crippen molar-refractivity contribution >= 4 is 34.8 Å². The Balaban J connectivity index is 1.97. The monoisotopic (exact) mass is 336 g/mol. The Morgan fingerprint density at radius 3 is 2.36 bits per heavy atom. The highest BCUT2D eigenvalue weighted by molar-refractivity contribution is 6.42. The third-order valence-electron chi connectivity index (χ3n) is 3.09. The van der Waals surface area contributed by atoms with Gasteiger partial charge >= 0.3 is 0 Å². The second kappa shape index (κ2) is 7.43. The predicted octanol–water partition coefficient (Wildman–Crippen LogP) is 4.60. The van der Waals surface area contributed by atoms with Crippen molar-refractivity contribution in [3.63, 3.8) is 0 Å². The fraction of sp³-hybridized carbons (Fsp3) is 0.176. The summed E-state index contributed by atoms with van der Waals surface area (Å²) in [5.74, 6) is -0.0856. The third-order valence-corrected chi connectivity index (χ3v) is 3.83. The molecule has 0 aromatic heterocycles. The largest absolute Gasteiger partial charge is 0.483 e. The SMILES string of the molecule is C[C@@H](Oc1ccc(Cl)c(Cl)c1)C(=O)CC(=O)c1ccccc1. The maximum absolute atomic E-state index is 12.1. The molecule has 0 saturated carbocycles. The number of carbonyl (C=O) groups is 2. The van der Waals surface area contributed by atoms with Crippen molar-refractivity contribution in [1.82, 2.24) is 0 Å². The van der Waals surface area contributed by atoms with Crippen LogP contribution in [0.1, 0.15) is 23.7 Å². The van der Waals surface area contributed by atoms with Crippen LogP contribution in [0.25, 0.3) is 0 Å². The van der Waals surface area contributed by atoms with Crippen LogP contribution in [0.4, 0.5) is 0 Å². The molecule has 0 aliphatic carbocycles. The van der Waals surface area contributed by atoms with Gasteiger partial charge in [0.15, 0.2) is 17.7 Å². The van der Waals surface area contributed by atoms with E-state index in [1.807, 2.05) is 6.07 Å². The summed E-state index contributed by atoms with van der Waals surface area (Å²) in [6.07, 6.45) is -0.947. The quantitative estimate of drug-likeness (QED) is 0.571. The van der Waals surface area contributed by atoms with Gasteiger partial charge in [0.25, 0.3) is 0 Å². The minimum Gasteiger partial charge on any atom is -0.483 e. The number of hydrogen-bond donors (Lipinski definition) is 0. The molecule has 2 rings (SSSR count). The Hall–Kier alpha value is -1.84. The standard InChI is InChI=1S/C17H14Cl2O3/c1-11(22-13-7-8-14(18)15(19)9-13)16(20)10-17(21)12-5-3-2-4-6-12/h2-9,11H,10H2,1H3/t11-/m1/s1. The summed E-state index contributed by atoms with van der Waals surface area (Å²) in [6.45, 7) is 1.60. The van der Waals surface area contributed by atoms with Crippen LogP contribution < -0.4 is 4.74 Å². The Labute approximate surface area is 138 Å². The molecule has 114 valence electrons. The van der Waals surface area contributed by atoms with Gasteiger partial charge in [-0.25, -0.2) is 0 Å². The summed E-state index contributed by atoms with van der Waals surface area (Å²) < 4.78 is 5.50. The number of ether oxygens (including phenoxy) is 1. The van der Waals surface area contributed by atoms with E-state index in [0.717, 1.165) is 0 Å². The Kier molecular flexibility index (Phi) is 5.58. The molecule has 0 saturated heterocycles. The van der Waals surface area contributed by atoms with E-state index in [4.69, 9.17) is 27.9 Å². The molecule has 2 aromatic rings. The van der Waals surface area contributed by atoms with Crippen LogP contribution in [-0.2, 0) is 4.79 Å². The van der Waals surface area contributed by atoms with Crippen LogP contribution in [-0.4, -0.2) is 17.7 Å². The highest BCUT2D eigenvalue weighted by atomic mass is 35.5. The van der Waals surface area contributed by atoms with E-state index >= 15 is 0 Å². The van der Waals surface area contributed by atoms with Crippen LogP contribution in [0.2, 0.25) is 10.0 Å². The van der Waals surface area contributed by atoms with Crippen molar-refractivity contribution in [3.05, 3.63) is 64.1 Å². The summed E-state index contributed by atoms with van der Waals surface area (Å²) in [7, 11) is 0. The molecule has 0 aliphatic rings. The van der Waals surface area contributed by atoms with E-state index in [0.29, 0.717) is 21.4 Å². The van der Waals surface area contributed by atoms with Gasteiger partial charge in [-0.15, -0.1) is 0 Å². The van der Waals surface area contributed by atoms with E-state index in [9.17, 15) is 9.59 Å². The number of carbonyl (C=O) groups excluding carboxylic acids is 2. The van der Waals surface area contributed by atoms with Gasteiger partial charge < -0.3 is 4.74 Å². The van der Waals surface area contributed by atoms with Crippen molar-refractivity contribution < 1.29 is 14.3 Å². The molecular formula is C17H14Cl2O3. The Morgan fingerprint density at radius 1 is 1.05 bits per heavy atom. The first-order valence-corrected chi connectivity index (χ1v) is 7.45. The van der Waals surface area contributed by atoms with E-state index in [1.165, 1.54) is 6.07 Å². The molecule has 0 bridgehead atoms. The van der Waals surface area contributed by atoms with Crippen molar-refractivity contribution in [3.8, 4) is 5.75 Å². The van der Waals surface area contributed by atoms with Crippen LogP contribution in [0.5, 0.6) is 5.75 Å². The van der Waals surface area contributed by atoms with Gasteiger partial charge in [-0.1, -0.05) is 53.5 Å². The molecule has 0 spiro atoms. The maximum atomic E-state index is 12.1. The zero-order valence-electron chi connectivity index (χ0n) is 11.9. The molecule has 0 amide bonds. The topological polar surface area (TPSA) is 43.4 Å². The summed E-state index contributed by atoms with van der Waals surface area (Å²) in [5.41, 5.74) is 0.512. The van der Waals surface area contributed by atoms with Crippen LogP contribution in [0.15, 0.2) is 48.5 Å². The van der Waals surface area contributed by atoms with Crippen LogP contribution in [0, 0.1) is 0 Å². The lowest BCUT2D eigenvalue weighted by Crippen LogP contribution is -2.26. The number of benzene rings is 2. The normalized spacial score (nSPS) is 11.8. The van der Waals surface area contributed by atoms with E-state index in [-0.39, 0.29) is 18.0 Å². The molecule has 5 heteroatoms. The van der Waals surface area contributed by atoms with Crippen molar-refractivity contribution in [2.45, 2.75) is 19.4 Å². The molecule has 0 unspecified atom stereocenters. The third kappa shape index (κ3) is 4.33. The zero-order valence-corrected chi connectivity index (χ0v) is 13.4. The maximum Gasteiger partial charge on any atom is 0.180 e. The first-order valence-electron chi connectivity index (χ1n) is 6.70. The minimum absolute atomic E-state index is 0.202. The van der Waals surface area contributed by atoms with Gasteiger partial charge in [0.1, 0.15) is 5.75 Å². The lowest BCUT2D eigenvalue weighted by Gasteiger charge is -2.14. The lowest BCUT2D eigenvalue weighted by atomic mass is 10.0. The predicted molar refractivity (Wildman–Crippen MR) is 86.9 cm³/mol. The summed E-state index contributed by atoms with van der Waals surface area (Å²) in [4.78, 5) is 24.1. The second-order valence-corrected chi connectivity index (χ2v) is 5.58. The molecule has 0 N–H and O–H groups in total. The first-order chi connectivity index (χ1) is 10.5. The summed E-state index contributed by atoms with van der Waals surface area (Å²) in [5, 5.41) is 0.756. The fourth-order valence-corrected chi connectivity index (χ4v) is 2.14. The average Bonchev–Trinajstić information content (AvgIpc) is 2.51. The molecule has 0 heterocycles. The molecule has 0 radical (unpaired) electrons. The molecular weight excluding hydrogens is 323 g/mol. The molecule has 22 heavy (non-hydrogen) atoms. The van der Waals surface area contributed by atoms with Crippen molar-refractivity contribution in [2.24, 2.45) is 0 Å². The van der Waals surface area contributed by atoms with E-state index in [2.05, 4.69) is 0 Å². The van der Waals surface area contributed by atoms with Gasteiger partial charge in [0.05, 0.1) is 16.5 Å². The van der Waals surface area contributed by atoms with Gasteiger partial charge in [0.2, 0.25) is 0 Å². The van der Waals surface area contributed by atoms with Crippen molar-refractivity contribution in [2.75, 3.05) is 0 Å². The molecule has 0 fully saturated rings. The molecule has 0 aliphatic heterocycles. The number of Topliss-reactive ketones (excluding diaryl/α,β-unsaturated/α-hetero) is 2. The van der Waals surface area contributed by atoms with Gasteiger partial charge in [0, 0.05) is 11.6 Å². The smallest absolute Gasteiger partial charge is 0.180 e. The van der Waals surface area contributed by atoms with Crippen LogP contribution >= 0.6 is 23.2 Å².